The Bertz CT molecular complexity index is 1230. The van der Waals surface area contributed by atoms with Crippen molar-refractivity contribution in [1.29, 1.82) is 0 Å². The Morgan fingerprint density at radius 1 is 0.939 bits per heavy atom. The van der Waals surface area contributed by atoms with E-state index in [0.29, 0.717) is 15.6 Å². The van der Waals surface area contributed by atoms with Crippen molar-refractivity contribution in [1.82, 2.24) is 5.01 Å². The number of carbonyl (C=O) groups excluding carboxylic acids is 1. The van der Waals surface area contributed by atoms with Gasteiger partial charge in [0.05, 0.1) is 11.8 Å². The van der Waals surface area contributed by atoms with Crippen LogP contribution in [0.2, 0.25) is 10.0 Å². The molecule has 2 aliphatic rings. The molecule has 3 aromatic carbocycles. The quantitative estimate of drug-likeness (QED) is 0.381. The number of rotatable bonds is 3. The van der Waals surface area contributed by atoms with Gasteiger partial charge in [-0.25, -0.2) is 9.40 Å². The zero-order valence-electron chi connectivity index (χ0n) is 17.7. The van der Waals surface area contributed by atoms with Crippen LogP contribution in [-0.4, -0.2) is 16.6 Å². The van der Waals surface area contributed by atoms with Gasteiger partial charge in [-0.05, 0) is 90.6 Å². The molecule has 2 atom stereocenters. The highest BCUT2D eigenvalue weighted by molar-refractivity contribution is 6.30. The summed E-state index contributed by atoms with van der Waals surface area (Å²) in [5.74, 6) is -0.555. The number of nitrogens with zero attached hydrogens (tertiary/aromatic N) is 2. The van der Waals surface area contributed by atoms with E-state index in [2.05, 4.69) is 6.08 Å². The summed E-state index contributed by atoms with van der Waals surface area (Å²) in [4.78, 5) is 13.5. The standard InChI is InChI=1S/C27H21Cl2FN2O/c28-21-10-4-17(5-11-21)16-20-2-1-3-24-25(20)31-32(26(24)18-6-12-22(29)13-7-18)27(33)19-8-14-23(30)15-9-19/h4-16,24,26H,1-3H2/b20-16-/t24-,26-/m0/s1. The van der Waals surface area contributed by atoms with E-state index >= 15 is 0 Å². The fourth-order valence-corrected chi connectivity index (χ4v) is 4.90. The summed E-state index contributed by atoms with van der Waals surface area (Å²) in [6.07, 6.45) is 4.96. The van der Waals surface area contributed by atoms with Gasteiger partial charge >= 0.3 is 0 Å². The van der Waals surface area contributed by atoms with Crippen molar-refractivity contribution < 1.29 is 9.18 Å². The van der Waals surface area contributed by atoms with Gasteiger partial charge in [0.2, 0.25) is 0 Å². The third kappa shape index (κ3) is 4.46. The van der Waals surface area contributed by atoms with Crippen LogP contribution in [0.1, 0.15) is 46.8 Å². The topological polar surface area (TPSA) is 32.7 Å². The Labute approximate surface area is 202 Å². The van der Waals surface area contributed by atoms with Crippen LogP contribution in [0.4, 0.5) is 4.39 Å². The Morgan fingerprint density at radius 3 is 2.24 bits per heavy atom. The number of allylic oxidation sites excluding steroid dienone is 1. The van der Waals surface area contributed by atoms with Gasteiger partial charge in [-0.2, -0.15) is 5.10 Å². The Kier molecular flexibility index (Phi) is 6.05. The van der Waals surface area contributed by atoms with Gasteiger partial charge in [0.25, 0.3) is 5.91 Å². The summed E-state index contributed by atoms with van der Waals surface area (Å²) in [6, 6.07) is 20.6. The first kappa shape index (κ1) is 21.9. The maximum atomic E-state index is 13.5. The van der Waals surface area contributed by atoms with Crippen molar-refractivity contribution in [3.8, 4) is 0 Å². The summed E-state index contributed by atoms with van der Waals surface area (Å²) in [5.41, 5.74) is 4.49. The van der Waals surface area contributed by atoms with E-state index in [1.54, 1.807) is 5.01 Å². The Balaban J connectivity index is 1.57. The minimum Gasteiger partial charge on any atom is -0.267 e. The van der Waals surface area contributed by atoms with Crippen molar-refractivity contribution in [3.05, 3.63) is 111 Å². The first-order valence-corrected chi connectivity index (χ1v) is 11.6. The lowest BCUT2D eigenvalue weighted by Gasteiger charge is -2.29. The fraction of sp³-hybridized carbons (Fsp3) is 0.185. The van der Waals surface area contributed by atoms with E-state index in [-0.39, 0.29) is 23.7 Å². The maximum Gasteiger partial charge on any atom is 0.274 e. The lowest BCUT2D eigenvalue weighted by Crippen LogP contribution is -2.31. The first-order chi connectivity index (χ1) is 16.0. The zero-order chi connectivity index (χ0) is 22.9. The number of halogens is 3. The third-order valence-corrected chi connectivity index (χ3v) is 6.73. The second-order valence-electron chi connectivity index (χ2n) is 8.36. The highest BCUT2D eigenvalue weighted by Crippen LogP contribution is 2.45. The summed E-state index contributed by atoms with van der Waals surface area (Å²) in [5, 5.41) is 7.76. The number of benzene rings is 3. The molecule has 1 aliphatic heterocycles. The van der Waals surface area contributed by atoms with Crippen LogP contribution in [0.25, 0.3) is 6.08 Å². The zero-order valence-corrected chi connectivity index (χ0v) is 19.2. The van der Waals surface area contributed by atoms with E-state index in [4.69, 9.17) is 28.3 Å². The molecule has 3 aromatic rings. The highest BCUT2D eigenvalue weighted by atomic mass is 35.5. The first-order valence-electron chi connectivity index (χ1n) is 10.9. The molecule has 1 heterocycles. The number of carbonyl (C=O) groups is 1. The average Bonchev–Trinajstić information content (AvgIpc) is 3.22. The van der Waals surface area contributed by atoms with E-state index in [1.807, 2.05) is 48.5 Å². The second-order valence-corrected chi connectivity index (χ2v) is 9.23. The molecule has 3 nitrogen and oxygen atoms in total. The van der Waals surface area contributed by atoms with Gasteiger partial charge in [0, 0.05) is 21.5 Å². The maximum absolute atomic E-state index is 13.5. The molecule has 5 rings (SSSR count). The molecular formula is C27H21Cl2FN2O. The number of hydrogen-bond acceptors (Lipinski definition) is 2. The van der Waals surface area contributed by atoms with Crippen LogP contribution in [0, 0.1) is 11.7 Å². The Hall–Kier alpha value is -2.95. The van der Waals surface area contributed by atoms with Crippen LogP contribution in [-0.2, 0) is 0 Å². The lowest BCUT2D eigenvalue weighted by atomic mass is 9.77. The van der Waals surface area contributed by atoms with Crippen molar-refractivity contribution in [3.63, 3.8) is 0 Å². The van der Waals surface area contributed by atoms with E-state index < -0.39 is 0 Å². The van der Waals surface area contributed by atoms with Crippen LogP contribution in [0.3, 0.4) is 0 Å². The molecule has 0 unspecified atom stereocenters. The molecular weight excluding hydrogens is 458 g/mol. The highest BCUT2D eigenvalue weighted by Gasteiger charge is 2.43. The normalized spacial score (nSPS) is 21.1. The van der Waals surface area contributed by atoms with E-state index in [1.165, 1.54) is 24.3 Å². The molecule has 0 bridgehead atoms. The summed E-state index contributed by atoms with van der Waals surface area (Å²) < 4.78 is 13.5. The number of hydrazone groups is 1. The van der Waals surface area contributed by atoms with Gasteiger partial charge in [0.15, 0.2) is 0 Å². The predicted molar refractivity (Wildman–Crippen MR) is 131 cm³/mol. The average molecular weight is 479 g/mol. The Morgan fingerprint density at radius 2 is 1.58 bits per heavy atom. The van der Waals surface area contributed by atoms with Crippen LogP contribution >= 0.6 is 23.2 Å². The molecule has 33 heavy (non-hydrogen) atoms. The van der Waals surface area contributed by atoms with Gasteiger partial charge in [-0.3, -0.25) is 4.79 Å². The van der Waals surface area contributed by atoms with Crippen LogP contribution < -0.4 is 0 Å². The smallest absolute Gasteiger partial charge is 0.267 e. The number of hydrogen-bond donors (Lipinski definition) is 0. The largest absolute Gasteiger partial charge is 0.274 e. The van der Waals surface area contributed by atoms with Gasteiger partial charge in [-0.15, -0.1) is 0 Å². The summed E-state index contributed by atoms with van der Waals surface area (Å²) in [7, 11) is 0. The van der Waals surface area contributed by atoms with E-state index in [0.717, 1.165) is 41.7 Å². The monoisotopic (exact) mass is 478 g/mol. The third-order valence-electron chi connectivity index (χ3n) is 6.22. The predicted octanol–water partition coefficient (Wildman–Crippen LogP) is 7.57. The molecule has 0 N–H and O–H groups in total. The molecule has 1 saturated carbocycles. The van der Waals surface area contributed by atoms with Gasteiger partial charge in [-0.1, -0.05) is 47.5 Å². The lowest BCUT2D eigenvalue weighted by molar-refractivity contribution is 0.0681. The molecule has 6 heteroatoms. The van der Waals surface area contributed by atoms with Crippen molar-refractivity contribution in [2.45, 2.75) is 25.3 Å². The fourth-order valence-electron chi connectivity index (χ4n) is 4.65. The molecule has 1 fully saturated rings. The molecule has 0 saturated heterocycles. The van der Waals surface area contributed by atoms with Crippen molar-refractivity contribution >= 4 is 40.9 Å². The minimum atomic E-state index is -0.379. The van der Waals surface area contributed by atoms with Crippen LogP contribution in [0.5, 0.6) is 0 Å². The number of amides is 1. The molecule has 0 spiro atoms. The SMILES string of the molecule is O=C(c1ccc(F)cc1)N1N=C2/C(=C\c3ccc(Cl)cc3)CCC[C@@H]2[C@@H]1c1ccc(Cl)cc1. The molecule has 1 amide bonds. The van der Waals surface area contributed by atoms with Crippen molar-refractivity contribution in [2.75, 3.05) is 0 Å². The van der Waals surface area contributed by atoms with Crippen LogP contribution in [0.15, 0.2) is 83.5 Å². The van der Waals surface area contributed by atoms with Gasteiger partial charge < -0.3 is 0 Å². The summed E-state index contributed by atoms with van der Waals surface area (Å²) in [6.45, 7) is 0. The number of fused-ring (bicyclic) bond motifs is 1. The molecule has 0 radical (unpaired) electrons. The summed E-state index contributed by atoms with van der Waals surface area (Å²) >= 11 is 12.2. The molecule has 0 aromatic heterocycles. The molecule has 166 valence electrons. The minimum absolute atomic E-state index is 0.0721. The second kappa shape index (κ2) is 9.12. The van der Waals surface area contributed by atoms with Gasteiger partial charge in [0.1, 0.15) is 5.82 Å². The van der Waals surface area contributed by atoms with Crippen molar-refractivity contribution in [2.24, 2.45) is 11.0 Å². The molecule has 1 aliphatic carbocycles. The van der Waals surface area contributed by atoms with E-state index in [9.17, 15) is 9.18 Å².